The van der Waals surface area contributed by atoms with Crippen LogP contribution >= 0.6 is 0 Å². The highest BCUT2D eigenvalue weighted by atomic mass is 16.4. The Morgan fingerprint density at radius 2 is 2.00 bits per heavy atom. The molecule has 0 aliphatic heterocycles. The van der Waals surface area contributed by atoms with Crippen LogP contribution in [0.25, 0.3) is 0 Å². The van der Waals surface area contributed by atoms with Crippen molar-refractivity contribution in [1.82, 2.24) is 0 Å². The van der Waals surface area contributed by atoms with E-state index in [4.69, 9.17) is 0 Å². The van der Waals surface area contributed by atoms with Gasteiger partial charge in [0.15, 0.2) is 0 Å². The first-order chi connectivity index (χ1) is 6.16. The molecule has 1 aliphatic rings. The van der Waals surface area contributed by atoms with Crippen molar-refractivity contribution in [3.63, 3.8) is 0 Å². The van der Waals surface area contributed by atoms with Crippen molar-refractivity contribution >= 4 is 12.3 Å². The van der Waals surface area contributed by atoms with Crippen LogP contribution < -0.4 is 5.11 Å². The standard InChI is InChI=1S/C10H14O3/c1-7(5-6-11)8-3-2-4-9(8)10(12)13/h5-6,8-9H,2-4H2,1H3,(H,12,13)/p-1/b7-5-. The molecule has 72 valence electrons. The number of rotatable bonds is 3. The van der Waals surface area contributed by atoms with E-state index < -0.39 is 11.9 Å². The minimum Gasteiger partial charge on any atom is -0.550 e. The number of hydrogen-bond acceptors (Lipinski definition) is 3. The van der Waals surface area contributed by atoms with Crippen molar-refractivity contribution < 1.29 is 14.7 Å². The summed E-state index contributed by atoms with van der Waals surface area (Å²) < 4.78 is 0. The number of carbonyl (C=O) groups is 2. The van der Waals surface area contributed by atoms with E-state index in [9.17, 15) is 14.7 Å². The molecule has 2 atom stereocenters. The number of aliphatic carboxylic acids is 1. The Balaban J connectivity index is 2.73. The zero-order valence-electron chi connectivity index (χ0n) is 7.66. The molecule has 1 saturated carbocycles. The molecule has 0 aromatic rings. The fraction of sp³-hybridized carbons (Fsp3) is 0.600. The summed E-state index contributed by atoms with van der Waals surface area (Å²) in [5, 5.41) is 10.7. The normalized spacial score (nSPS) is 28.8. The van der Waals surface area contributed by atoms with E-state index in [1.807, 2.05) is 0 Å². The van der Waals surface area contributed by atoms with Gasteiger partial charge in [-0.05, 0) is 31.8 Å². The Morgan fingerprint density at radius 3 is 2.54 bits per heavy atom. The van der Waals surface area contributed by atoms with E-state index in [1.54, 1.807) is 6.92 Å². The zero-order valence-corrected chi connectivity index (χ0v) is 7.66. The highest BCUT2D eigenvalue weighted by Gasteiger charge is 2.28. The molecule has 13 heavy (non-hydrogen) atoms. The summed E-state index contributed by atoms with van der Waals surface area (Å²) in [5.41, 5.74) is 0.863. The Labute approximate surface area is 77.4 Å². The van der Waals surface area contributed by atoms with Crippen LogP contribution in [0.2, 0.25) is 0 Å². The molecular formula is C10H13O3-. The lowest BCUT2D eigenvalue weighted by Gasteiger charge is -2.20. The van der Waals surface area contributed by atoms with Crippen molar-refractivity contribution in [1.29, 1.82) is 0 Å². The number of allylic oxidation sites excluding steroid dienone is 2. The second-order valence-electron chi connectivity index (χ2n) is 3.51. The molecule has 3 heteroatoms. The summed E-state index contributed by atoms with van der Waals surface area (Å²) >= 11 is 0. The molecule has 0 spiro atoms. The van der Waals surface area contributed by atoms with Gasteiger partial charge in [0.2, 0.25) is 0 Å². The first-order valence-corrected chi connectivity index (χ1v) is 4.49. The molecule has 1 fully saturated rings. The van der Waals surface area contributed by atoms with E-state index in [2.05, 4.69) is 0 Å². The Bertz CT molecular complexity index is 243. The van der Waals surface area contributed by atoms with E-state index in [1.165, 1.54) is 6.08 Å². The number of hydrogen-bond donors (Lipinski definition) is 0. The third kappa shape index (κ3) is 2.17. The predicted molar refractivity (Wildman–Crippen MR) is 45.7 cm³/mol. The van der Waals surface area contributed by atoms with Crippen LogP contribution in [-0.4, -0.2) is 12.3 Å². The van der Waals surface area contributed by atoms with E-state index in [-0.39, 0.29) is 5.92 Å². The van der Waals surface area contributed by atoms with E-state index in [0.717, 1.165) is 18.4 Å². The van der Waals surface area contributed by atoms with E-state index in [0.29, 0.717) is 12.7 Å². The zero-order chi connectivity index (χ0) is 9.84. The summed E-state index contributed by atoms with van der Waals surface area (Å²) in [5.74, 6) is -1.37. The molecule has 1 aliphatic carbocycles. The second-order valence-corrected chi connectivity index (χ2v) is 3.51. The molecular weight excluding hydrogens is 168 g/mol. The summed E-state index contributed by atoms with van der Waals surface area (Å²) in [7, 11) is 0. The summed E-state index contributed by atoms with van der Waals surface area (Å²) in [6.45, 7) is 1.81. The minimum atomic E-state index is -0.985. The lowest BCUT2D eigenvalue weighted by molar-refractivity contribution is -0.312. The Morgan fingerprint density at radius 1 is 1.38 bits per heavy atom. The SMILES string of the molecule is C/C(=C/C=O)C1CCCC1C(=O)[O-]. The molecule has 0 bridgehead atoms. The fourth-order valence-electron chi connectivity index (χ4n) is 2.02. The molecule has 0 saturated heterocycles. The van der Waals surface area contributed by atoms with Gasteiger partial charge in [-0.25, -0.2) is 0 Å². The van der Waals surface area contributed by atoms with Crippen molar-refractivity contribution in [2.75, 3.05) is 0 Å². The van der Waals surface area contributed by atoms with Crippen molar-refractivity contribution in [2.24, 2.45) is 11.8 Å². The third-order valence-electron chi connectivity index (χ3n) is 2.73. The van der Waals surface area contributed by atoms with Gasteiger partial charge in [-0.2, -0.15) is 0 Å². The van der Waals surface area contributed by atoms with Crippen LogP contribution in [0.15, 0.2) is 11.6 Å². The number of carboxylic acids is 1. The number of carbonyl (C=O) groups excluding carboxylic acids is 2. The number of aldehydes is 1. The van der Waals surface area contributed by atoms with Crippen LogP contribution in [0.1, 0.15) is 26.2 Å². The molecule has 2 unspecified atom stereocenters. The van der Waals surface area contributed by atoms with Gasteiger partial charge in [0.05, 0.1) is 0 Å². The average molecular weight is 181 g/mol. The maximum atomic E-state index is 10.7. The minimum absolute atomic E-state index is 0.00944. The van der Waals surface area contributed by atoms with Gasteiger partial charge >= 0.3 is 0 Å². The molecule has 0 radical (unpaired) electrons. The summed E-state index contributed by atoms with van der Waals surface area (Å²) in [4.78, 5) is 20.9. The molecule has 0 aromatic heterocycles. The van der Waals surface area contributed by atoms with Crippen LogP contribution in [0.5, 0.6) is 0 Å². The molecule has 0 amide bonds. The maximum absolute atomic E-state index is 10.7. The third-order valence-corrected chi connectivity index (χ3v) is 2.73. The fourth-order valence-corrected chi connectivity index (χ4v) is 2.02. The average Bonchev–Trinajstić information content (AvgIpc) is 2.52. The van der Waals surface area contributed by atoms with Crippen molar-refractivity contribution in [2.45, 2.75) is 26.2 Å². The molecule has 3 nitrogen and oxygen atoms in total. The second kappa shape index (κ2) is 4.21. The monoisotopic (exact) mass is 181 g/mol. The summed E-state index contributed by atoms with van der Waals surface area (Å²) in [6.07, 6.45) is 4.60. The van der Waals surface area contributed by atoms with Gasteiger partial charge in [-0.1, -0.05) is 12.0 Å². The first-order valence-electron chi connectivity index (χ1n) is 4.49. The van der Waals surface area contributed by atoms with Crippen LogP contribution in [0.3, 0.4) is 0 Å². The Kier molecular flexibility index (Phi) is 3.23. The van der Waals surface area contributed by atoms with Crippen LogP contribution in [0, 0.1) is 11.8 Å². The summed E-state index contributed by atoms with van der Waals surface area (Å²) in [6, 6.07) is 0. The highest BCUT2D eigenvalue weighted by molar-refractivity contribution is 5.70. The number of carboxylic acid groups (broad SMARTS) is 1. The topological polar surface area (TPSA) is 57.2 Å². The smallest absolute Gasteiger partial charge is 0.142 e. The van der Waals surface area contributed by atoms with Gasteiger partial charge < -0.3 is 9.90 Å². The lowest BCUT2D eigenvalue weighted by atomic mass is 9.89. The first kappa shape index (κ1) is 9.96. The lowest BCUT2D eigenvalue weighted by Crippen LogP contribution is -2.33. The predicted octanol–water partition coefficient (Wildman–Crippen LogP) is 0.298. The molecule has 0 heterocycles. The largest absolute Gasteiger partial charge is 0.550 e. The van der Waals surface area contributed by atoms with Gasteiger partial charge in [0, 0.05) is 11.9 Å². The molecule has 0 aromatic carbocycles. The van der Waals surface area contributed by atoms with Gasteiger partial charge in [0.1, 0.15) is 6.29 Å². The molecule has 1 rings (SSSR count). The van der Waals surface area contributed by atoms with Gasteiger partial charge in [-0.15, -0.1) is 0 Å². The Hall–Kier alpha value is -1.12. The van der Waals surface area contributed by atoms with Gasteiger partial charge in [0.25, 0.3) is 0 Å². The van der Waals surface area contributed by atoms with Gasteiger partial charge in [-0.3, -0.25) is 4.79 Å². The molecule has 0 N–H and O–H groups in total. The highest BCUT2D eigenvalue weighted by Crippen LogP contribution is 2.36. The van der Waals surface area contributed by atoms with Crippen molar-refractivity contribution in [3.05, 3.63) is 11.6 Å². The van der Waals surface area contributed by atoms with Crippen molar-refractivity contribution in [3.8, 4) is 0 Å². The van der Waals surface area contributed by atoms with E-state index >= 15 is 0 Å². The maximum Gasteiger partial charge on any atom is 0.142 e. The quantitative estimate of drug-likeness (QED) is 0.464. The van der Waals surface area contributed by atoms with Crippen LogP contribution in [0.4, 0.5) is 0 Å². The van der Waals surface area contributed by atoms with Crippen LogP contribution in [-0.2, 0) is 9.59 Å².